The molecular weight excluding hydrogens is 621 g/mol. The van der Waals surface area contributed by atoms with Crippen molar-refractivity contribution in [3.8, 4) is 45.0 Å². The largest absolute Gasteiger partial charge is 0.232 e. The maximum Gasteiger partial charge on any atom is 0.143 e. The molecule has 4 heteroatoms. The van der Waals surface area contributed by atoms with Gasteiger partial charge in [-0.1, -0.05) is 137 Å². The fourth-order valence-electron chi connectivity index (χ4n) is 7.42. The molecule has 0 spiro atoms. The maximum atomic E-state index is 5.55. The van der Waals surface area contributed by atoms with Crippen LogP contribution in [0.2, 0.25) is 0 Å². The predicted octanol–water partition coefficient (Wildman–Crippen LogP) is 12.3. The molecule has 0 fully saturated rings. The average Bonchev–Trinajstić information content (AvgIpc) is 3.06. The van der Waals surface area contributed by atoms with E-state index in [1.54, 1.807) is 0 Å². The molecule has 0 aliphatic carbocycles. The standard InChI is InChI=1S/C47H52N4/c1-31-15-11-19-35(23-31)39-27-40(36-20-12-16-32(2)24-36)49-43(48-39)47(29-45(5,6)7,30-46(8,9)10)44-50-41(37-21-13-17-33(3)25-37)28-42(51-44)38-22-14-18-34(4)26-38/h11-28H,29-30H2,1-10H3. The van der Waals surface area contributed by atoms with E-state index >= 15 is 0 Å². The molecule has 260 valence electrons. The van der Waals surface area contributed by atoms with Crippen LogP contribution in [0.5, 0.6) is 0 Å². The van der Waals surface area contributed by atoms with Gasteiger partial charge in [0.2, 0.25) is 0 Å². The van der Waals surface area contributed by atoms with Crippen molar-refractivity contribution >= 4 is 0 Å². The first-order valence-electron chi connectivity index (χ1n) is 18.1. The van der Waals surface area contributed by atoms with Crippen LogP contribution in [0.4, 0.5) is 0 Å². The first kappa shape index (κ1) is 35.9. The number of rotatable bonds is 8. The third-order valence-corrected chi connectivity index (χ3v) is 9.23. The summed E-state index contributed by atoms with van der Waals surface area (Å²) in [5.41, 5.74) is 11.7. The highest BCUT2D eigenvalue weighted by molar-refractivity contribution is 5.71. The maximum absolute atomic E-state index is 5.55. The van der Waals surface area contributed by atoms with Crippen LogP contribution in [0.1, 0.15) is 88.3 Å². The molecule has 4 nitrogen and oxygen atoms in total. The van der Waals surface area contributed by atoms with Crippen molar-refractivity contribution in [1.29, 1.82) is 0 Å². The number of aromatic nitrogens is 4. The highest BCUT2D eigenvalue weighted by Crippen LogP contribution is 2.48. The molecule has 0 atom stereocenters. The lowest BCUT2D eigenvalue weighted by molar-refractivity contribution is 0.195. The fourth-order valence-corrected chi connectivity index (χ4v) is 7.42. The molecule has 0 aliphatic rings. The lowest BCUT2D eigenvalue weighted by Crippen LogP contribution is -2.40. The number of nitrogens with zero attached hydrogens (tertiary/aromatic N) is 4. The molecule has 6 aromatic rings. The Labute approximate surface area is 305 Å². The second-order valence-corrected chi connectivity index (χ2v) is 17.0. The predicted molar refractivity (Wildman–Crippen MR) is 214 cm³/mol. The SMILES string of the molecule is Cc1cccc(-c2cc(-c3cccc(C)c3)nc(C(CC(C)(C)C)(CC(C)(C)C)c3nc(-c4cccc(C)c4)cc(-c4cccc(C)c4)n3)n2)c1. The number of aryl methyl sites for hydroxylation is 4. The van der Waals surface area contributed by atoms with E-state index < -0.39 is 5.41 Å². The van der Waals surface area contributed by atoms with Gasteiger partial charge in [0.1, 0.15) is 11.6 Å². The van der Waals surface area contributed by atoms with E-state index in [0.717, 1.165) is 69.5 Å². The summed E-state index contributed by atoms with van der Waals surface area (Å²) < 4.78 is 0. The molecule has 4 aromatic carbocycles. The number of benzene rings is 4. The summed E-state index contributed by atoms with van der Waals surface area (Å²) in [6, 6.07) is 38.7. The summed E-state index contributed by atoms with van der Waals surface area (Å²) in [6.45, 7) is 22.4. The van der Waals surface area contributed by atoms with Gasteiger partial charge in [-0.2, -0.15) is 0 Å². The summed E-state index contributed by atoms with van der Waals surface area (Å²) >= 11 is 0. The van der Waals surface area contributed by atoms with Gasteiger partial charge in [-0.3, -0.25) is 0 Å². The highest BCUT2D eigenvalue weighted by Gasteiger charge is 2.46. The first-order valence-corrected chi connectivity index (χ1v) is 18.1. The van der Waals surface area contributed by atoms with Crippen molar-refractivity contribution in [2.24, 2.45) is 10.8 Å². The third-order valence-electron chi connectivity index (χ3n) is 9.23. The molecule has 51 heavy (non-hydrogen) atoms. The summed E-state index contributed by atoms with van der Waals surface area (Å²) in [5, 5.41) is 0. The lowest BCUT2D eigenvalue weighted by Gasteiger charge is -2.41. The Morgan fingerprint density at radius 1 is 0.373 bits per heavy atom. The van der Waals surface area contributed by atoms with E-state index in [1.165, 1.54) is 22.3 Å². The minimum absolute atomic E-state index is 0.107. The Morgan fingerprint density at radius 2 is 0.627 bits per heavy atom. The molecule has 0 saturated heterocycles. The van der Waals surface area contributed by atoms with Crippen LogP contribution in [-0.2, 0) is 5.41 Å². The van der Waals surface area contributed by atoms with Gasteiger partial charge in [0, 0.05) is 22.3 Å². The molecule has 0 N–H and O–H groups in total. The zero-order chi connectivity index (χ0) is 36.6. The van der Waals surface area contributed by atoms with Gasteiger partial charge < -0.3 is 0 Å². The Kier molecular flexibility index (Phi) is 9.83. The van der Waals surface area contributed by atoms with Crippen LogP contribution >= 0.6 is 0 Å². The minimum Gasteiger partial charge on any atom is -0.232 e. The lowest BCUT2D eigenvalue weighted by atomic mass is 9.65. The van der Waals surface area contributed by atoms with Crippen LogP contribution in [0.3, 0.4) is 0 Å². The van der Waals surface area contributed by atoms with E-state index in [-0.39, 0.29) is 10.8 Å². The van der Waals surface area contributed by atoms with Crippen LogP contribution in [0.15, 0.2) is 109 Å². The molecule has 0 unspecified atom stereocenters. The van der Waals surface area contributed by atoms with Gasteiger partial charge in [-0.05, 0) is 87.8 Å². The Morgan fingerprint density at radius 3 is 0.843 bits per heavy atom. The van der Waals surface area contributed by atoms with Gasteiger partial charge in [-0.15, -0.1) is 0 Å². The molecule has 0 saturated carbocycles. The fraction of sp³-hybridized carbons (Fsp3) is 0.319. The molecule has 2 aromatic heterocycles. The molecule has 0 bridgehead atoms. The van der Waals surface area contributed by atoms with Crippen LogP contribution < -0.4 is 0 Å². The van der Waals surface area contributed by atoms with E-state index in [2.05, 4.69) is 178 Å². The van der Waals surface area contributed by atoms with Crippen LogP contribution in [0, 0.1) is 38.5 Å². The monoisotopic (exact) mass is 672 g/mol. The Bertz CT molecular complexity index is 1900. The smallest absolute Gasteiger partial charge is 0.143 e. The molecule has 0 radical (unpaired) electrons. The molecular formula is C47H52N4. The van der Waals surface area contributed by atoms with Gasteiger partial charge in [0.25, 0.3) is 0 Å². The summed E-state index contributed by atoms with van der Waals surface area (Å²) in [7, 11) is 0. The molecule has 0 amide bonds. The van der Waals surface area contributed by atoms with Crippen molar-refractivity contribution in [3.05, 3.63) is 143 Å². The number of hydrogen-bond acceptors (Lipinski definition) is 4. The average molecular weight is 673 g/mol. The van der Waals surface area contributed by atoms with Gasteiger partial charge >= 0.3 is 0 Å². The van der Waals surface area contributed by atoms with Crippen molar-refractivity contribution in [2.45, 2.75) is 87.5 Å². The number of hydrogen-bond donors (Lipinski definition) is 0. The molecule has 2 heterocycles. The zero-order valence-corrected chi connectivity index (χ0v) is 32.1. The van der Waals surface area contributed by atoms with Crippen molar-refractivity contribution in [3.63, 3.8) is 0 Å². The topological polar surface area (TPSA) is 51.6 Å². The third kappa shape index (κ3) is 8.51. The quantitative estimate of drug-likeness (QED) is 0.161. The van der Waals surface area contributed by atoms with E-state index in [0.29, 0.717) is 0 Å². The van der Waals surface area contributed by atoms with Crippen molar-refractivity contribution in [2.75, 3.05) is 0 Å². The second kappa shape index (κ2) is 14.0. The van der Waals surface area contributed by atoms with Crippen LogP contribution in [-0.4, -0.2) is 19.9 Å². The van der Waals surface area contributed by atoms with Gasteiger partial charge in [0.15, 0.2) is 0 Å². The zero-order valence-electron chi connectivity index (χ0n) is 32.1. The minimum atomic E-state index is -0.729. The summed E-state index contributed by atoms with van der Waals surface area (Å²) in [6.07, 6.45) is 1.51. The normalized spacial score (nSPS) is 12.3. The van der Waals surface area contributed by atoms with E-state index in [9.17, 15) is 0 Å². The Balaban J connectivity index is 1.74. The summed E-state index contributed by atoms with van der Waals surface area (Å²) in [5.74, 6) is 1.53. The van der Waals surface area contributed by atoms with Crippen molar-refractivity contribution < 1.29 is 0 Å². The second-order valence-electron chi connectivity index (χ2n) is 17.0. The summed E-state index contributed by atoms with van der Waals surface area (Å²) in [4.78, 5) is 22.2. The van der Waals surface area contributed by atoms with Crippen molar-refractivity contribution in [1.82, 2.24) is 19.9 Å². The van der Waals surface area contributed by atoms with E-state index in [4.69, 9.17) is 19.9 Å². The highest BCUT2D eigenvalue weighted by atomic mass is 15.0. The van der Waals surface area contributed by atoms with E-state index in [1.807, 2.05) is 0 Å². The van der Waals surface area contributed by atoms with Crippen LogP contribution in [0.25, 0.3) is 45.0 Å². The molecule has 6 rings (SSSR count). The Hall–Kier alpha value is -4.96. The van der Waals surface area contributed by atoms with Gasteiger partial charge in [0.05, 0.1) is 28.2 Å². The van der Waals surface area contributed by atoms with Gasteiger partial charge in [-0.25, -0.2) is 19.9 Å². The molecule has 0 aliphatic heterocycles. The first-order chi connectivity index (χ1) is 24.1.